The predicted octanol–water partition coefficient (Wildman–Crippen LogP) is 1.66. The van der Waals surface area contributed by atoms with Crippen molar-refractivity contribution in [3.63, 3.8) is 0 Å². The van der Waals surface area contributed by atoms with Crippen LogP contribution in [0.3, 0.4) is 0 Å². The maximum Gasteiger partial charge on any atom is 0.291 e. The first-order chi connectivity index (χ1) is 10.1. The summed E-state index contributed by atoms with van der Waals surface area (Å²) in [6.07, 6.45) is 4.94. The standard InChI is InChI=1S/C15H19N5O/c1-8-7-9(2)20-15(16-8)18-13(19-20)14(21)17-12(10-3-4-10)11-5-6-11/h7,10-12H,3-6H2,1-2H3,(H,17,21). The van der Waals surface area contributed by atoms with Gasteiger partial charge in [-0.15, -0.1) is 5.10 Å². The van der Waals surface area contributed by atoms with Crippen LogP contribution in [0.4, 0.5) is 0 Å². The molecule has 0 aliphatic heterocycles. The van der Waals surface area contributed by atoms with E-state index < -0.39 is 0 Å². The van der Waals surface area contributed by atoms with Gasteiger partial charge < -0.3 is 5.32 Å². The van der Waals surface area contributed by atoms with E-state index in [1.807, 2.05) is 19.9 Å². The van der Waals surface area contributed by atoms with Crippen molar-refractivity contribution in [1.29, 1.82) is 0 Å². The molecule has 1 N–H and O–H groups in total. The van der Waals surface area contributed by atoms with Gasteiger partial charge >= 0.3 is 0 Å². The molecule has 0 saturated heterocycles. The molecule has 21 heavy (non-hydrogen) atoms. The van der Waals surface area contributed by atoms with Gasteiger partial charge in [0.1, 0.15) is 0 Å². The fourth-order valence-corrected chi connectivity index (χ4v) is 3.01. The first-order valence-electron chi connectivity index (χ1n) is 7.64. The van der Waals surface area contributed by atoms with Crippen molar-refractivity contribution in [3.05, 3.63) is 23.3 Å². The molecule has 2 aliphatic carbocycles. The van der Waals surface area contributed by atoms with Crippen molar-refractivity contribution < 1.29 is 4.79 Å². The van der Waals surface area contributed by atoms with Gasteiger partial charge in [-0.1, -0.05) is 0 Å². The lowest BCUT2D eigenvalue weighted by atomic mass is 10.1. The summed E-state index contributed by atoms with van der Waals surface area (Å²) in [6.45, 7) is 3.85. The van der Waals surface area contributed by atoms with Crippen LogP contribution >= 0.6 is 0 Å². The molecule has 1 amide bonds. The summed E-state index contributed by atoms with van der Waals surface area (Å²) in [5.41, 5.74) is 1.82. The van der Waals surface area contributed by atoms with E-state index in [1.165, 1.54) is 25.7 Å². The van der Waals surface area contributed by atoms with Crippen LogP contribution in [0.25, 0.3) is 5.78 Å². The topological polar surface area (TPSA) is 72.2 Å². The maximum atomic E-state index is 12.4. The van der Waals surface area contributed by atoms with Gasteiger partial charge in [-0.2, -0.15) is 4.98 Å². The van der Waals surface area contributed by atoms with Crippen molar-refractivity contribution in [2.24, 2.45) is 11.8 Å². The molecule has 0 bridgehead atoms. The zero-order chi connectivity index (χ0) is 14.6. The highest BCUT2D eigenvalue weighted by atomic mass is 16.2. The number of hydrogen-bond acceptors (Lipinski definition) is 4. The van der Waals surface area contributed by atoms with Gasteiger partial charge in [0, 0.05) is 17.4 Å². The van der Waals surface area contributed by atoms with Crippen molar-refractivity contribution in [2.75, 3.05) is 0 Å². The smallest absolute Gasteiger partial charge is 0.291 e. The number of aryl methyl sites for hydroxylation is 2. The lowest BCUT2D eigenvalue weighted by molar-refractivity contribution is 0.0916. The van der Waals surface area contributed by atoms with E-state index in [0.717, 1.165) is 11.4 Å². The molecule has 0 aromatic carbocycles. The van der Waals surface area contributed by atoms with Crippen LogP contribution in [0, 0.1) is 25.7 Å². The second-order valence-corrected chi connectivity index (χ2v) is 6.36. The zero-order valence-corrected chi connectivity index (χ0v) is 12.3. The molecule has 2 aromatic rings. The van der Waals surface area contributed by atoms with Gasteiger partial charge in [0.15, 0.2) is 0 Å². The minimum absolute atomic E-state index is 0.165. The molecule has 2 heterocycles. The molecule has 110 valence electrons. The lowest BCUT2D eigenvalue weighted by Crippen LogP contribution is -2.38. The number of hydrogen-bond donors (Lipinski definition) is 1. The summed E-state index contributed by atoms with van der Waals surface area (Å²) in [6, 6.07) is 2.25. The number of fused-ring (bicyclic) bond motifs is 1. The number of rotatable bonds is 4. The molecule has 6 heteroatoms. The number of amides is 1. The molecule has 0 unspecified atom stereocenters. The van der Waals surface area contributed by atoms with Crippen LogP contribution < -0.4 is 5.32 Å². The van der Waals surface area contributed by atoms with Gasteiger partial charge in [-0.25, -0.2) is 9.50 Å². The molecule has 0 spiro atoms. The molecule has 2 aromatic heterocycles. The highest BCUT2D eigenvalue weighted by Crippen LogP contribution is 2.44. The molecule has 0 radical (unpaired) electrons. The predicted molar refractivity (Wildman–Crippen MR) is 77.0 cm³/mol. The SMILES string of the molecule is Cc1cc(C)n2nc(C(=O)NC(C3CC3)C3CC3)nc2n1. The van der Waals surface area contributed by atoms with Crippen LogP contribution in [0.5, 0.6) is 0 Å². The summed E-state index contributed by atoms with van der Waals surface area (Å²) in [4.78, 5) is 21.0. The van der Waals surface area contributed by atoms with Crippen LogP contribution in [-0.2, 0) is 0 Å². The van der Waals surface area contributed by atoms with E-state index >= 15 is 0 Å². The fourth-order valence-electron chi connectivity index (χ4n) is 3.01. The minimum Gasteiger partial charge on any atom is -0.346 e. The third-order valence-corrected chi connectivity index (χ3v) is 4.38. The van der Waals surface area contributed by atoms with Gasteiger partial charge in [-0.05, 0) is 57.4 Å². The summed E-state index contributed by atoms with van der Waals surface area (Å²) < 4.78 is 1.63. The highest BCUT2D eigenvalue weighted by Gasteiger charge is 2.42. The Morgan fingerprint density at radius 3 is 2.52 bits per heavy atom. The molecule has 4 rings (SSSR count). The normalized spacial score (nSPS) is 18.4. The lowest BCUT2D eigenvalue weighted by Gasteiger charge is -2.16. The van der Waals surface area contributed by atoms with Gasteiger partial charge in [-0.3, -0.25) is 4.79 Å². The fraction of sp³-hybridized carbons (Fsp3) is 0.600. The largest absolute Gasteiger partial charge is 0.346 e. The van der Waals surface area contributed by atoms with Gasteiger partial charge in [0.2, 0.25) is 5.82 Å². The molecule has 2 aliphatic rings. The Bertz CT molecular complexity index is 702. The zero-order valence-electron chi connectivity index (χ0n) is 12.3. The number of aromatic nitrogens is 4. The van der Waals surface area contributed by atoms with Crippen LogP contribution in [0.2, 0.25) is 0 Å². The molecule has 2 saturated carbocycles. The summed E-state index contributed by atoms with van der Waals surface area (Å²) in [5, 5.41) is 7.44. The third kappa shape index (κ3) is 2.39. The first-order valence-corrected chi connectivity index (χ1v) is 7.64. The maximum absolute atomic E-state index is 12.4. The van der Waals surface area contributed by atoms with Gasteiger partial charge in [0.25, 0.3) is 11.7 Å². The molecule has 0 atom stereocenters. The average molecular weight is 285 g/mol. The summed E-state index contributed by atoms with van der Waals surface area (Å²) >= 11 is 0. The Morgan fingerprint density at radius 1 is 1.24 bits per heavy atom. The van der Waals surface area contributed by atoms with Crippen LogP contribution in [0.1, 0.15) is 47.7 Å². The first kappa shape index (κ1) is 12.7. The molecule has 6 nitrogen and oxygen atoms in total. The summed E-state index contributed by atoms with van der Waals surface area (Å²) in [7, 11) is 0. The monoisotopic (exact) mass is 285 g/mol. The minimum atomic E-state index is -0.165. The second kappa shape index (κ2) is 4.51. The number of nitrogens with zero attached hydrogens (tertiary/aromatic N) is 4. The van der Waals surface area contributed by atoms with E-state index in [-0.39, 0.29) is 11.7 Å². The number of carbonyl (C=O) groups excluding carboxylic acids is 1. The van der Waals surface area contributed by atoms with E-state index in [1.54, 1.807) is 4.52 Å². The Hall–Kier alpha value is -1.98. The number of carbonyl (C=O) groups is 1. The van der Waals surface area contributed by atoms with Crippen LogP contribution in [0.15, 0.2) is 6.07 Å². The average Bonchev–Trinajstić information content (AvgIpc) is 3.33. The van der Waals surface area contributed by atoms with E-state index in [9.17, 15) is 4.79 Å². The molecule has 2 fully saturated rings. The Balaban J connectivity index is 1.60. The van der Waals surface area contributed by atoms with E-state index in [4.69, 9.17) is 0 Å². The third-order valence-electron chi connectivity index (χ3n) is 4.38. The summed E-state index contributed by atoms with van der Waals surface area (Å²) in [5.74, 6) is 1.89. The van der Waals surface area contributed by atoms with Crippen molar-refractivity contribution >= 4 is 11.7 Å². The Morgan fingerprint density at radius 2 is 1.90 bits per heavy atom. The Kier molecular flexibility index (Phi) is 2.74. The van der Waals surface area contributed by atoms with Crippen LogP contribution in [-0.4, -0.2) is 31.5 Å². The number of nitrogens with one attached hydrogen (secondary N) is 1. The van der Waals surface area contributed by atoms with Crippen molar-refractivity contribution in [2.45, 2.75) is 45.6 Å². The van der Waals surface area contributed by atoms with Crippen molar-refractivity contribution in [3.8, 4) is 0 Å². The highest BCUT2D eigenvalue weighted by molar-refractivity contribution is 5.91. The Labute approximate surface area is 123 Å². The molecular weight excluding hydrogens is 266 g/mol. The van der Waals surface area contributed by atoms with Gasteiger partial charge in [0.05, 0.1) is 0 Å². The van der Waals surface area contributed by atoms with Crippen molar-refractivity contribution in [1.82, 2.24) is 24.9 Å². The van der Waals surface area contributed by atoms with E-state index in [0.29, 0.717) is 23.7 Å². The molecular formula is C15H19N5O. The van der Waals surface area contributed by atoms with E-state index in [2.05, 4.69) is 20.4 Å². The second-order valence-electron chi connectivity index (χ2n) is 6.36. The quantitative estimate of drug-likeness (QED) is 0.927.